The molecule has 0 aliphatic rings. The van der Waals surface area contributed by atoms with E-state index in [1.807, 2.05) is 6.07 Å². The Morgan fingerprint density at radius 2 is 2.06 bits per heavy atom. The van der Waals surface area contributed by atoms with E-state index in [1.54, 1.807) is 17.4 Å². The summed E-state index contributed by atoms with van der Waals surface area (Å²) >= 11 is 1.62. The Morgan fingerprint density at radius 1 is 1.33 bits per heavy atom. The first-order valence-electron chi connectivity index (χ1n) is 5.85. The molecule has 0 unspecified atom stereocenters. The van der Waals surface area contributed by atoms with Crippen LogP contribution < -0.4 is 5.73 Å². The van der Waals surface area contributed by atoms with Gasteiger partial charge in [0, 0.05) is 17.2 Å². The van der Waals surface area contributed by atoms with Gasteiger partial charge in [0.1, 0.15) is 5.82 Å². The molecule has 18 heavy (non-hydrogen) atoms. The van der Waals surface area contributed by atoms with Crippen molar-refractivity contribution in [2.45, 2.75) is 32.6 Å². The summed E-state index contributed by atoms with van der Waals surface area (Å²) < 4.78 is 13.3. The molecule has 2 nitrogen and oxygen atoms in total. The lowest BCUT2D eigenvalue weighted by molar-refractivity contribution is 0.571. The van der Waals surface area contributed by atoms with Crippen molar-refractivity contribution in [2.75, 3.05) is 5.73 Å². The molecule has 0 aliphatic carbocycles. The highest BCUT2D eigenvalue weighted by atomic mass is 32.1. The van der Waals surface area contributed by atoms with Gasteiger partial charge in [0.15, 0.2) is 0 Å². The number of anilines is 1. The highest BCUT2D eigenvalue weighted by molar-refractivity contribution is 7.09. The van der Waals surface area contributed by atoms with Crippen molar-refractivity contribution in [1.82, 2.24) is 4.98 Å². The van der Waals surface area contributed by atoms with Crippen molar-refractivity contribution in [2.24, 2.45) is 0 Å². The number of nitrogens with zero attached hydrogens (tertiary/aromatic N) is 1. The van der Waals surface area contributed by atoms with Gasteiger partial charge in [-0.15, -0.1) is 11.3 Å². The molecule has 0 aliphatic heterocycles. The van der Waals surface area contributed by atoms with Crippen molar-refractivity contribution in [3.05, 3.63) is 45.7 Å². The number of hydrogen-bond donors (Lipinski definition) is 1. The van der Waals surface area contributed by atoms with Gasteiger partial charge < -0.3 is 5.73 Å². The molecule has 0 bridgehead atoms. The molecule has 0 saturated heterocycles. The maximum absolute atomic E-state index is 13.3. The SMILES string of the molecule is CC(C)(C)c1csc(Cc2ccc(N)c(F)c2)n1. The number of benzene rings is 1. The maximum atomic E-state index is 13.3. The molecule has 2 rings (SSSR count). The molecule has 0 radical (unpaired) electrons. The van der Waals surface area contributed by atoms with Crippen LogP contribution in [0.2, 0.25) is 0 Å². The second kappa shape index (κ2) is 4.69. The third kappa shape index (κ3) is 2.88. The molecule has 0 saturated carbocycles. The minimum Gasteiger partial charge on any atom is -0.396 e. The number of hydrogen-bond acceptors (Lipinski definition) is 3. The molecule has 1 aromatic carbocycles. The molecule has 1 heterocycles. The first-order chi connectivity index (χ1) is 8.36. The van der Waals surface area contributed by atoms with Gasteiger partial charge in [-0.05, 0) is 17.7 Å². The zero-order valence-electron chi connectivity index (χ0n) is 10.8. The summed E-state index contributed by atoms with van der Waals surface area (Å²) in [6, 6.07) is 4.92. The quantitative estimate of drug-likeness (QED) is 0.839. The monoisotopic (exact) mass is 264 g/mol. The molecule has 2 aromatic rings. The summed E-state index contributed by atoms with van der Waals surface area (Å²) in [4.78, 5) is 4.59. The van der Waals surface area contributed by atoms with Crippen LogP contribution in [-0.4, -0.2) is 4.98 Å². The topological polar surface area (TPSA) is 38.9 Å². The lowest BCUT2D eigenvalue weighted by Gasteiger charge is -2.14. The normalized spacial score (nSPS) is 11.8. The van der Waals surface area contributed by atoms with E-state index in [1.165, 1.54) is 6.07 Å². The van der Waals surface area contributed by atoms with E-state index in [4.69, 9.17) is 5.73 Å². The van der Waals surface area contributed by atoms with Crippen LogP contribution in [0, 0.1) is 5.82 Å². The maximum Gasteiger partial charge on any atom is 0.146 e. The standard InChI is InChI=1S/C14H17FN2S/c1-14(2,3)12-8-18-13(17-12)7-9-4-5-11(16)10(15)6-9/h4-6,8H,7,16H2,1-3H3. The molecule has 0 atom stereocenters. The Balaban J connectivity index is 2.19. The smallest absolute Gasteiger partial charge is 0.146 e. The Bertz CT molecular complexity index is 555. The summed E-state index contributed by atoms with van der Waals surface area (Å²) in [6.07, 6.45) is 0.651. The molecule has 0 amide bonds. The van der Waals surface area contributed by atoms with Crippen LogP contribution in [0.3, 0.4) is 0 Å². The van der Waals surface area contributed by atoms with Crippen LogP contribution in [0.1, 0.15) is 37.0 Å². The number of rotatable bonds is 2. The van der Waals surface area contributed by atoms with Gasteiger partial charge in [-0.1, -0.05) is 26.8 Å². The van der Waals surface area contributed by atoms with Gasteiger partial charge in [-0.25, -0.2) is 9.37 Å². The fourth-order valence-electron chi connectivity index (χ4n) is 1.59. The predicted octanol–water partition coefficient (Wildman–Crippen LogP) is 3.75. The molecule has 96 valence electrons. The zero-order chi connectivity index (χ0) is 13.3. The van der Waals surface area contributed by atoms with Crippen LogP contribution in [0.25, 0.3) is 0 Å². The fraction of sp³-hybridized carbons (Fsp3) is 0.357. The number of halogens is 1. The van der Waals surface area contributed by atoms with Gasteiger partial charge in [-0.3, -0.25) is 0 Å². The summed E-state index contributed by atoms with van der Waals surface area (Å²) in [6.45, 7) is 6.40. The largest absolute Gasteiger partial charge is 0.396 e. The first-order valence-corrected chi connectivity index (χ1v) is 6.73. The van der Waals surface area contributed by atoms with Crippen molar-refractivity contribution in [1.29, 1.82) is 0 Å². The Hall–Kier alpha value is -1.42. The van der Waals surface area contributed by atoms with Crippen LogP contribution in [-0.2, 0) is 11.8 Å². The van der Waals surface area contributed by atoms with E-state index in [0.29, 0.717) is 6.42 Å². The van der Waals surface area contributed by atoms with Gasteiger partial charge in [0.2, 0.25) is 0 Å². The summed E-state index contributed by atoms with van der Waals surface area (Å²) in [5.74, 6) is -0.361. The second-order valence-electron chi connectivity index (χ2n) is 5.41. The van der Waals surface area contributed by atoms with Crippen molar-refractivity contribution >= 4 is 17.0 Å². The second-order valence-corrected chi connectivity index (χ2v) is 6.35. The number of aromatic nitrogens is 1. The van der Waals surface area contributed by atoms with E-state index >= 15 is 0 Å². The van der Waals surface area contributed by atoms with Crippen molar-refractivity contribution < 1.29 is 4.39 Å². The zero-order valence-corrected chi connectivity index (χ0v) is 11.6. The van der Waals surface area contributed by atoms with E-state index in [9.17, 15) is 4.39 Å². The minimum absolute atomic E-state index is 0.0567. The first kappa shape index (κ1) is 13.0. The summed E-state index contributed by atoms with van der Waals surface area (Å²) in [5.41, 5.74) is 7.68. The summed E-state index contributed by atoms with van der Waals surface area (Å²) in [7, 11) is 0. The fourth-order valence-corrected chi connectivity index (χ4v) is 2.65. The van der Waals surface area contributed by atoms with Crippen LogP contribution in [0.5, 0.6) is 0 Å². The molecular formula is C14H17FN2S. The lowest BCUT2D eigenvalue weighted by Crippen LogP contribution is -2.11. The predicted molar refractivity (Wildman–Crippen MR) is 74.4 cm³/mol. The summed E-state index contributed by atoms with van der Waals surface area (Å²) in [5, 5.41) is 3.08. The van der Waals surface area contributed by atoms with Gasteiger partial charge in [-0.2, -0.15) is 0 Å². The van der Waals surface area contributed by atoms with E-state index in [0.717, 1.165) is 16.3 Å². The highest BCUT2D eigenvalue weighted by Gasteiger charge is 2.17. The molecule has 0 fully saturated rings. The molecule has 1 aromatic heterocycles. The van der Waals surface area contributed by atoms with E-state index < -0.39 is 0 Å². The van der Waals surface area contributed by atoms with E-state index in [-0.39, 0.29) is 16.9 Å². The molecule has 4 heteroatoms. The number of nitrogen functional groups attached to an aromatic ring is 1. The Morgan fingerprint density at radius 3 is 2.61 bits per heavy atom. The van der Waals surface area contributed by atoms with Crippen LogP contribution >= 0.6 is 11.3 Å². The third-order valence-electron chi connectivity index (χ3n) is 2.74. The van der Waals surface area contributed by atoms with Gasteiger partial charge in [0.25, 0.3) is 0 Å². The highest BCUT2D eigenvalue weighted by Crippen LogP contribution is 2.25. The van der Waals surface area contributed by atoms with Gasteiger partial charge in [0.05, 0.1) is 16.4 Å². The van der Waals surface area contributed by atoms with Crippen molar-refractivity contribution in [3.8, 4) is 0 Å². The van der Waals surface area contributed by atoms with E-state index in [2.05, 4.69) is 31.1 Å². The van der Waals surface area contributed by atoms with Crippen LogP contribution in [0.4, 0.5) is 10.1 Å². The third-order valence-corrected chi connectivity index (χ3v) is 3.59. The lowest BCUT2D eigenvalue weighted by atomic mass is 9.93. The van der Waals surface area contributed by atoms with Gasteiger partial charge >= 0.3 is 0 Å². The average molecular weight is 264 g/mol. The molecular weight excluding hydrogens is 247 g/mol. The Kier molecular flexibility index (Phi) is 3.39. The minimum atomic E-state index is -0.361. The molecule has 2 N–H and O–H groups in total. The number of thiazole rings is 1. The molecule has 0 spiro atoms. The average Bonchev–Trinajstić information content (AvgIpc) is 2.72. The number of nitrogens with two attached hydrogens (primary N) is 1. The van der Waals surface area contributed by atoms with Crippen LogP contribution in [0.15, 0.2) is 23.6 Å². The Labute approximate surface area is 111 Å². The van der Waals surface area contributed by atoms with Crippen molar-refractivity contribution in [3.63, 3.8) is 0 Å².